The second-order valence-electron chi connectivity index (χ2n) is 6.28. The van der Waals surface area contributed by atoms with Crippen molar-refractivity contribution in [3.63, 3.8) is 0 Å². The van der Waals surface area contributed by atoms with E-state index in [2.05, 4.69) is 34.0 Å². The van der Waals surface area contributed by atoms with Gasteiger partial charge in [-0.2, -0.15) is 0 Å². The molecule has 0 bridgehead atoms. The Kier molecular flexibility index (Phi) is 5.17. The minimum absolute atomic E-state index is 0.0510. The monoisotopic (exact) mass is 278 g/mol. The minimum Gasteiger partial charge on any atom is -0.355 e. The molecule has 0 aliphatic carbocycles. The van der Waals surface area contributed by atoms with Crippen LogP contribution in [-0.4, -0.2) is 34.6 Å². The normalized spacial score (nSPS) is 21.6. The highest BCUT2D eigenvalue weighted by Crippen LogP contribution is 2.29. The Morgan fingerprint density at radius 1 is 1.50 bits per heavy atom. The first-order valence-corrected chi connectivity index (χ1v) is 7.56. The van der Waals surface area contributed by atoms with Crippen LogP contribution in [0.4, 0.5) is 0 Å². The quantitative estimate of drug-likeness (QED) is 0.776. The Morgan fingerprint density at radius 3 is 3.05 bits per heavy atom. The van der Waals surface area contributed by atoms with Crippen LogP contribution in [0.25, 0.3) is 0 Å². The predicted molar refractivity (Wildman–Crippen MR) is 79.3 cm³/mol. The summed E-state index contributed by atoms with van der Waals surface area (Å²) >= 11 is 0. The summed E-state index contributed by atoms with van der Waals surface area (Å²) in [6.07, 6.45) is 9.90. The van der Waals surface area contributed by atoms with Crippen LogP contribution in [0.3, 0.4) is 0 Å². The van der Waals surface area contributed by atoms with Crippen molar-refractivity contribution in [2.45, 2.75) is 52.1 Å². The summed E-state index contributed by atoms with van der Waals surface area (Å²) in [7, 11) is 0. The number of aryl methyl sites for hydroxylation is 1. The van der Waals surface area contributed by atoms with Crippen molar-refractivity contribution in [1.29, 1.82) is 0 Å². The Balaban J connectivity index is 1.64. The molecule has 5 nitrogen and oxygen atoms in total. The van der Waals surface area contributed by atoms with Crippen molar-refractivity contribution in [1.82, 2.24) is 20.2 Å². The maximum absolute atomic E-state index is 12.2. The average molecular weight is 278 g/mol. The van der Waals surface area contributed by atoms with Gasteiger partial charge >= 0.3 is 0 Å². The van der Waals surface area contributed by atoms with Crippen LogP contribution in [0.5, 0.6) is 0 Å². The Bertz CT molecular complexity index is 414. The molecule has 1 aliphatic heterocycles. The zero-order chi connectivity index (χ0) is 14.4. The molecule has 1 amide bonds. The number of aromatic nitrogens is 2. The molecule has 1 unspecified atom stereocenters. The predicted octanol–water partition coefficient (Wildman–Crippen LogP) is 1.56. The van der Waals surface area contributed by atoms with Crippen molar-refractivity contribution in [3.8, 4) is 0 Å². The van der Waals surface area contributed by atoms with Crippen LogP contribution in [0.1, 0.15) is 39.5 Å². The molecule has 1 saturated heterocycles. The molecule has 1 aromatic rings. The van der Waals surface area contributed by atoms with Gasteiger partial charge in [0.1, 0.15) is 0 Å². The van der Waals surface area contributed by atoms with Gasteiger partial charge < -0.3 is 15.2 Å². The Morgan fingerprint density at radius 2 is 2.35 bits per heavy atom. The van der Waals surface area contributed by atoms with Crippen LogP contribution in [-0.2, 0) is 11.3 Å². The molecule has 1 atom stereocenters. The van der Waals surface area contributed by atoms with Crippen LogP contribution >= 0.6 is 0 Å². The summed E-state index contributed by atoms with van der Waals surface area (Å²) in [5.41, 5.74) is 0.0547. The van der Waals surface area contributed by atoms with E-state index in [1.807, 2.05) is 12.5 Å². The molecule has 2 N–H and O–H groups in total. The fourth-order valence-electron chi connectivity index (χ4n) is 2.81. The maximum Gasteiger partial charge on any atom is 0.237 e. The van der Waals surface area contributed by atoms with E-state index in [-0.39, 0.29) is 17.4 Å². The van der Waals surface area contributed by atoms with Crippen LogP contribution < -0.4 is 10.6 Å². The SMILES string of the molecule is CC1(C)CCCNC1C(=O)NCCCCn1ccnc1. The minimum atomic E-state index is -0.0510. The van der Waals surface area contributed by atoms with Crippen LogP contribution in [0.15, 0.2) is 18.7 Å². The standard InChI is InChI=1S/C15H26N4O/c1-15(2)6-5-8-17-13(15)14(20)18-7-3-4-10-19-11-9-16-12-19/h9,11-13,17H,3-8,10H2,1-2H3,(H,18,20). The van der Waals surface area contributed by atoms with Gasteiger partial charge in [0.2, 0.25) is 5.91 Å². The highest BCUT2D eigenvalue weighted by atomic mass is 16.2. The van der Waals surface area contributed by atoms with Gasteiger partial charge in [0.05, 0.1) is 12.4 Å². The maximum atomic E-state index is 12.2. The molecular weight excluding hydrogens is 252 g/mol. The number of carbonyl (C=O) groups is 1. The number of carbonyl (C=O) groups excluding carboxylic acids is 1. The van der Waals surface area contributed by atoms with Crippen molar-refractivity contribution in [2.24, 2.45) is 5.41 Å². The summed E-state index contributed by atoms with van der Waals surface area (Å²) in [5, 5.41) is 6.41. The van der Waals surface area contributed by atoms with Crippen molar-refractivity contribution in [3.05, 3.63) is 18.7 Å². The van der Waals surface area contributed by atoms with Crippen molar-refractivity contribution >= 4 is 5.91 Å². The summed E-state index contributed by atoms with van der Waals surface area (Å²) in [4.78, 5) is 16.2. The first-order chi connectivity index (χ1) is 9.59. The molecular formula is C15H26N4O. The van der Waals surface area contributed by atoms with Gasteiger partial charge in [-0.3, -0.25) is 4.79 Å². The van der Waals surface area contributed by atoms with Gasteiger partial charge in [-0.05, 0) is 37.6 Å². The van der Waals surface area contributed by atoms with Gasteiger partial charge in [0.25, 0.3) is 0 Å². The first-order valence-electron chi connectivity index (χ1n) is 7.56. The lowest BCUT2D eigenvalue weighted by atomic mass is 9.77. The first kappa shape index (κ1) is 15.0. The molecule has 2 heterocycles. The van der Waals surface area contributed by atoms with E-state index in [1.165, 1.54) is 0 Å². The third-order valence-electron chi connectivity index (χ3n) is 4.09. The number of imidazole rings is 1. The third-order valence-corrected chi connectivity index (χ3v) is 4.09. The molecule has 0 spiro atoms. The number of unbranched alkanes of at least 4 members (excludes halogenated alkanes) is 1. The summed E-state index contributed by atoms with van der Waals surface area (Å²) < 4.78 is 2.06. The molecule has 5 heteroatoms. The summed E-state index contributed by atoms with van der Waals surface area (Å²) in [5.74, 6) is 0.150. The van der Waals surface area contributed by atoms with Gasteiger partial charge in [0, 0.05) is 25.5 Å². The van der Waals surface area contributed by atoms with E-state index < -0.39 is 0 Å². The molecule has 112 valence electrons. The van der Waals surface area contributed by atoms with E-state index in [4.69, 9.17) is 0 Å². The van der Waals surface area contributed by atoms with E-state index in [0.29, 0.717) is 0 Å². The second-order valence-corrected chi connectivity index (χ2v) is 6.28. The number of nitrogens with one attached hydrogen (secondary N) is 2. The smallest absolute Gasteiger partial charge is 0.237 e. The van der Waals surface area contributed by atoms with E-state index >= 15 is 0 Å². The Hall–Kier alpha value is -1.36. The fourth-order valence-corrected chi connectivity index (χ4v) is 2.81. The highest BCUT2D eigenvalue weighted by molar-refractivity contribution is 5.82. The highest BCUT2D eigenvalue weighted by Gasteiger charge is 2.36. The zero-order valence-corrected chi connectivity index (χ0v) is 12.6. The van der Waals surface area contributed by atoms with Gasteiger partial charge in [-0.1, -0.05) is 13.8 Å². The molecule has 0 radical (unpaired) electrons. The fraction of sp³-hybridized carbons (Fsp3) is 0.733. The third kappa shape index (κ3) is 4.07. The van der Waals surface area contributed by atoms with Gasteiger partial charge in [-0.15, -0.1) is 0 Å². The lowest BCUT2D eigenvalue weighted by molar-refractivity contribution is -0.126. The van der Waals surface area contributed by atoms with Crippen molar-refractivity contribution < 1.29 is 4.79 Å². The summed E-state index contributed by atoms with van der Waals surface area (Å²) in [6.45, 7) is 7.00. The lowest BCUT2D eigenvalue weighted by Gasteiger charge is -2.38. The number of hydrogen-bond acceptors (Lipinski definition) is 3. The second kappa shape index (κ2) is 6.88. The number of rotatable bonds is 6. The number of hydrogen-bond donors (Lipinski definition) is 2. The number of nitrogens with zero attached hydrogens (tertiary/aromatic N) is 2. The molecule has 2 rings (SSSR count). The van der Waals surface area contributed by atoms with Crippen LogP contribution in [0.2, 0.25) is 0 Å². The van der Waals surface area contributed by atoms with Gasteiger partial charge in [0.15, 0.2) is 0 Å². The van der Waals surface area contributed by atoms with Crippen molar-refractivity contribution in [2.75, 3.05) is 13.1 Å². The molecule has 0 saturated carbocycles. The van der Waals surface area contributed by atoms with E-state index in [1.54, 1.807) is 6.20 Å². The topological polar surface area (TPSA) is 59.0 Å². The molecule has 1 aliphatic rings. The van der Waals surface area contributed by atoms with E-state index in [9.17, 15) is 4.79 Å². The summed E-state index contributed by atoms with van der Waals surface area (Å²) in [6, 6.07) is -0.0510. The lowest BCUT2D eigenvalue weighted by Crippen LogP contribution is -2.55. The molecule has 20 heavy (non-hydrogen) atoms. The zero-order valence-electron chi connectivity index (χ0n) is 12.6. The molecule has 1 aromatic heterocycles. The molecule has 1 fully saturated rings. The van der Waals surface area contributed by atoms with Gasteiger partial charge in [-0.25, -0.2) is 4.98 Å². The average Bonchev–Trinajstić information content (AvgIpc) is 2.90. The molecule has 0 aromatic carbocycles. The number of amides is 1. The van der Waals surface area contributed by atoms with E-state index in [0.717, 1.165) is 45.3 Å². The largest absolute Gasteiger partial charge is 0.355 e. The number of piperidine rings is 1. The Labute approximate surface area is 121 Å². The van der Waals surface area contributed by atoms with Crippen LogP contribution in [0, 0.1) is 5.41 Å².